The van der Waals surface area contributed by atoms with E-state index >= 15 is 0 Å². The molecule has 2 heterocycles. The van der Waals surface area contributed by atoms with Crippen molar-refractivity contribution in [2.75, 3.05) is 6.54 Å². The summed E-state index contributed by atoms with van der Waals surface area (Å²) in [4.78, 5) is 2.64. The van der Waals surface area contributed by atoms with Gasteiger partial charge in [-0.25, -0.2) is 0 Å². The third kappa shape index (κ3) is 2.92. The van der Waals surface area contributed by atoms with Gasteiger partial charge in [0, 0.05) is 29.5 Å². The Hall–Kier alpha value is -3.08. The molecule has 7 rings (SSSR count). The lowest BCUT2D eigenvalue weighted by Gasteiger charge is -2.57. The summed E-state index contributed by atoms with van der Waals surface area (Å²) in [7, 11) is 0. The summed E-state index contributed by atoms with van der Waals surface area (Å²) in [6.45, 7) is 2.47. The summed E-state index contributed by atoms with van der Waals surface area (Å²) >= 11 is 0. The van der Waals surface area contributed by atoms with Crippen molar-refractivity contribution in [3.05, 3.63) is 107 Å². The van der Waals surface area contributed by atoms with Crippen LogP contribution in [0.5, 0.6) is 11.5 Å². The molecule has 3 aromatic carbocycles. The van der Waals surface area contributed by atoms with Gasteiger partial charge in [-0.2, -0.15) is 0 Å². The lowest BCUT2D eigenvalue weighted by Crippen LogP contribution is -2.65. The van der Waals surface area contributed by atoms with Crippen LogP contribution in [0.4, 0.5) is 0 Å². The van der Waals surface area contributed by atoms with Crippen LogP contribution in [0.1, 0.15) is 28.7 Å². The maximum atomic E-state index is 11.0. The maximum absolute atomic E-state index is 11.0. The number of aliphatic hydroxyl groups is 1. The van der Waals surface area contributed by atoms with E-state index in [4.69, 9.17) is 9.47 Å². The SMILES string of the molecule is O[C@H]1C=CC2[C@H]3Cc4ccc(OCc5ccccc5)c5c4[C@@]2(CCN3Cc2ccccc2)[C@H]1O5. The van der Waals surface area contributed by atoms with Crippen LogP contribution in [0, 0.1) is 5.92 Å². The standard InChI is InChI=1S/C30H29NO3/c32-25-13-12-23-24-17-22-11-14-26(33-19-21-9-5-2-6-10-21)28-27(22)30(23,29(25)34-28)15-16-31(24)18-20-7-3-1-4-8-20/h1-14,23-25,29,32H,15-19H2/t23?,24-,25+,29+,30+/m1/s1. The van der Waals surface area contributed by atoms with Crippen LogP contribution in [-0.4, -0.2) is 34.8 Å². The summed E-state index contributed by atoms with van der Waals surface area (Å²) in [5.74, 6) is 1.99. The van der Waals surface area contributed by atoms with E-state index < -0.39 is 6.10 Å². The number of ether oxygens (including phenoxy) is 2. The average Bonchev–Trinajstić information content (AvgIpc) is 3.23. The molecule has 0 saturated carbocycles. The summed E-state index contributed by atoms with van der Waals surface area (Å²) in [5, 5.41) is 11.0. The van der Waals surface area contributed by atoms with Crippen molar-refractivity contribution < 1.29 is 14.6 Å². The Balaban J connectivity index is 1.27. The van der Waals surface area contributed by atoms with Gasteiger partial charge < -0.3 is 14.6 Å². The van der Waals surface area contributed by atoms with E-state index in [0.29, 0.717) is 18.6 Å². The largest absolute Gasteiger partial charge is 0.485 e. The molecule has 4 heteroatoms. The Morgan fingerprint density at radius 1 is 0.941 bits per heavy atom. The molecule has 2 aliphatic carbocycles. The molecule has 5 atom stereocenters. The molecule has 2 aliphatic heterocycles. The fourth-order valence-corrected chi connectivity index (χ4v) is 6.98. The fraction of sp³-hybridized carbons (Fsp3) is 0.333. The Bertz CT molecular complexity index is 1240. The molecule has 1 spiro atoms. The Morgan fingerprint density at radius 2 is 1.71 bits per heavy atom. The van der Waals surface area contributed by atoms with Gasteiger partial charge in [0.15, 0.2) is 11.5 Å². The van der Waals surface area contributed by atoms with Crippen LogP contribution in [-0.2, 0) is 25.0 Å². The van der Waals surface area contributed by atoms with Crippen molar-refractivity contribution in [2.45, 2.75) is 49.7 Å². The molecule has 0 radical (unpaired) electrons. The number of likely N-dealkylation sites (tertiary alicyclic amines) is 1. The molecule has 1 unspecified atom stereocenters. The normalized spacial score (nSPS) is 30.5. The van der Waals surface area contributed by atoms with Gasteiger partial charge in [-0.15, -0.1) is 0 Å². The average molecular weight is 452 g/mol. The number of aliphatic hydroxyl groups excluding tert-OH is 1. The third-order valence-electron chi connectivity index (χ3n) is 8.44. The predicted octanol–water partition coefficient (Wildman–Crippen LogP) is 4.64. The summed E-state index contributed by atoms with van der Waals surface area (Å²) < 4.78 is 12.9. The van der Waals surface area contributed by atoms with Crippen LogP contribution in [0.3, 0.4) is 0 Å². The summed E-state index contributed by atoms with van der Waals surface area (Å²) in [6, 6.07) is 25.7. The predicted molar refractivity (Wildman–Crippen MR) is 131 cm³/mol. The van der Waals surface area contributed by atoms with Crippen LogP contribution in [0.2, 0.25) is 0 Å². The van der Waals surface area contributed by atoms with Gasteiger partial charge >= 0.3 is 0 Å². The molecule has 172 valence electrons. The highest BCUT2D eigenvalue weighted by Crippen LogP contribution is 2.62. The minimum absolute atomic E-state index is 0.180. The first-order valence-electron chi connectivity index (χ1n) is 12.4. The second kappa shape index (κ2) is 7.72. The molecular weight excluding hydrogens is 422 g/mol. The second-order valence-corrected chi connectivity index (χ2v) is 10.2. The highest BCUT2D eigenvalue weighted by Gasteiger charge is 2.64. The van der Waals surface area contributed by atoms with Crippen molar-refractivity contribution in [1.29, 1.82) is 0 Å². The third-order valence-corrected chi connectivity index (χ3v) is 8.44. The molecule has 4 aliphatic rings. The molecule has 1 fully saturated rings. The monoisotopic (exact) mass is 451 g/mol. The van der Waals surface area contributed by atoms with Gasteiger partial charge in [-0.3, -0.25) is 4.90 Å². The molecule has 4 nitrogen and oxygen atoms in total. The van der Waals surface area contributed by atoms with Gasteiger partial charge in [0.05, 0.1) is 0 Å². The van der Waals surface area contributed by atoms with Crippen LogP contribution in [0.25, 0.3) is 0 Å². The quantitative estimate of drug-likeness (QED) is 0.574. The van der Waals surface area contributed by atoms with Crippen LogP contribution in [0.15, 0.2) is 84.9 Å². The van der Waals surface area contributed by atoms with E-state index in [1.807, 2.05) is 24.3 Å². The van der Waals surface area contributed by atoms with Crippen LogP contribution < -0.4 is 9.47 Å². The fourth-order valence-electron chi connectivity index (χ4n) is 6.98. The molecule has 0 aromatic heterocycles. The highest BCUT2D eigenvalue weighted by atomic mass is 16.5. The van der Waals surface area contributed by atoms with Gasteiger partial charge in [-0.05, 0) is 42.1 Å². The number of piperidine rings is 1. The topological polar surface area (TPSA) is 41.9 Å². The number of nitrogens with zero attached hydrogens (tertiary/aromatic N) is 1. The van der Waals surface area contributed by atoms with E-state index in [1.54, 1.807) is 0 Å². The Labute approximate surface area is 200 Å². The molecule has 34 heavy (non-hydrogen) atoms. The van der Waals surface area contributed by atoms with Gasteiger partial charge in [0.25, 0.3) is 0 Å². The lowest BCUT2D eigenvalue weighted by atomic mass is 9.53. The molecule has 1 saturated heterocycles. The minimum atomic E-state index is -0.599. The highest BCUT2D eigenvalue weighted by molar-refractivity contribution is 5.62. The molecule has 2 bridgehead atoms. The van der Waals surface area contributed by atoms with Crippen molar-refractivity contribution in [1.82, 2.24) is 4.90 Å². The number of benzene rings is 3. The first kappa shape index (κ1) is 20.3. The van der Waals surface area contributed by atoms with Gasteiger partial charge in [0.2, 0.25) is 0 Å². The van der Waals surface area contributed by atoms with E-state index in [0.717, 1.165) is 43.0 Å². The van der Waals surface area contributed by atoms with Gasteiger partial charge in [0.1, 0.15) is 18.8 Å². The van der Waals surface area contributed by atoms with E-state index in [9.17, 15) is 5.11 Å². The minimum Gasteiger partial charge on any atom is -0.485 e. The van der Waals surface area contributed by atoms with E-state index in [1.165, 1.54) is 16.7 Å². The number of rotatable bonds is 5. The number of hydrogen-bond acceptors (Lipinski definition) is 4. The summed E-state index contributed by atoms with van der Waals surface area (Å²) in [5.41, 5.74) is 4.96. The first-order valence-corrected chi connectivity index (χ1v) is 12.4. The second-order valence-electron chi connectivity index (χ2n) is 10.2. The Kier molecular flexibility index (Phi) is 4.61. The summed E-state index contributed by atoms with van der Waals surface area (Å²) in [6.07, 6.45) is 5.37. The molecule has 1 N–H and O–H groups in total. The van der Waals surface area contributed by atoms with Crippen molar-refractivity contribution in [3.63, 3.8) is 0 Å². The zero-order chi connectivity index (χ0) is 22.7. The molecular formula is C30H29NO3. The molecule has 0 amide bonds. The smallest absolute Gasteiger partial charge is 0.166 e. The number of hydrogen-bond donors (Lipinski definition) is 1. The van der Waals surface area contributed by atoms with Crippen molar-refractivity contribution >= 4 is 0 Å². The van der Waals surface area contributed by atoms with Crippen molar-refractivity contribution in [3.8, 4) is 11.5 Å². The van der Waals surface area contributed by atoms with Crippen molar-refractivity contribution in [2.24, 2.45) is 5.92 Å². The van der Waals surface area contributed by atoms with Gasteiger partial charge in [-0.1, -0.05) is 78.9 Å². The lowest BCUT2D eigenvalue weighted by molar-refractivity contribution is -0.0539. The van der Waals surface area contributed by atoms with Crippen LogP contribution >= 0.6 is 0 Å². The van der Waals surface area contributed by atoms with E-state index in [2.05, 4.69) is 65.6 Å². The maximum Gasteiger partial charge on any atom is 0.166 e. The zero-order valence-corrected chi connectivity index (χ0v) is 19.1. The molecule has 3 aromatic rings. The first-order chi connectivity index (χ1) is 16.7. The zero-order valence-electron chi connectivity index (χ0n) is 19.1. The Morgan fingerprint density at radius 3 is 2.50 bits per heavy atom. The van der Waals surface area contributed by atoms with E-state index in [-0.39, 0.29) is 11.5 Å².